The second-order valence-electron chi connectivity index (χ2n) is 6.13. The molecular formula is C18H21N3O4S. The second-order valence-corrected chi connectivity index (χ2v) is 8.36. The van der Waals surface area contributed by atoms with Crippen LogP contribution >= 0.6 is 0 Å². The number of amides is 1. The number of nitrogens with zero attached hydrogens (tertiary/aromatic N) is 2. The van der Waals surface area contributed by atoms with E-state index in [1.54, 1.807) is 30.3 Å². The molecule has 1 fully saturated rings. The fourth-order valence-corrected chi connectivity index (χ4v) is 4.78. The average molecular weight is 375 g/mol. The third-order valence-corrected chi connectivity index (χ3v) is 6.61. The van der Waals surface area contributed by atoms with Gasteiger partial charge in [0.05, 0.1) is 22.4 Å². The molecular weight excluding hydrogens is 354 g/mol. The van der Waals surface area contributed by atoms with E-state index in [4.69, 9.17) is 4.74 Å². The molecule has 138 valence electrons. The Balaban J connectivity index is 1.53. The summed E-state index contributed by atoms with van der Waals surface area (Å²) in [5.74, 6) is -0.303. The molecule has 0 unspecified atom stereocenters. The third kappa shape index (κ3) is 4.44. The van der Waals surface area contributed by atoms with E-state index >= 15 is 0 Å². The first-order valence-electron chi connectivity index (χ1n) is 8.52. The summed E-state index contributed by atoms with van der Waals surface area (Å²) in [7, 11) is -3.36. The predicted molar refractivity (Wildman–Crippen MR) is 95.4 cm³/mol. The summed E-state index contributed by atoms with van der Waals surface area (Å²) < 4.78 is 31.2. The Hall–Kier alpha value is -2.32. The Bertz CT molecular complexity index is 828. The zero-order chi connectivity index (χ0) is 18.4. The van der Waals surface area contributed by atoms with E-state index in [-0.39, 0.29) is 17.7 Å². The monoisotopic (exact) mass is 375 g/mol. The maximum Gasteiger partial charge on any atom is 0.271 e. The summed E-state index contributed by atoms with van der Waals surface area (Å²) in [6.07, 6.45) is 5.62. The van der Waals surface area contributed by atoms with Gasteiger partial charge in [0.25, 0.3) is 5.91 Å². The molecule has 7 nitrogen and oxygen atoms in total. The molecule has 2 heterocycles. The molecule has 1 aliphatic rings. The fraction of sp³-hybridized carbons (Fsp3) is 0.389. The zero-order valence-electron chi connectivity index (χ0n) is 14.2. The van der Waals surface area contributed by atoms with Gasteiger partial charge in [-0.25, -0.2) is 13.4 Å². The Kier molecular flexibility index (Phi) is 5.95. The van der Waals surface area contributed by atoms with E-state index in [1.807, 2.05) is 0 Å². The minimum Gasteiger partial charge on any atom is -0.378 e. The van der Waals surface area contributed by atoms with Gasteiger partial charge in [0.2, 0.25) is 0 Å². The van der Waals surface area contributed by atoms with E-state index in [1.165, 1.54) is 18.6 Å². The molecule has 1 aromatic heterocycles. The topological polar surface area (TPSA) is 98.2 Å². The number of aromatic nitrogens is 2. The summed E-state index contributed by atoms with van der Waals surface area (Å²) in [5, 5.41) is 2.30. The van der Waals surface area contributed by atoms with Crippen molar-refractivity contribution in [3.63, 3.8) is 0 Å². The largest absolute Gasteiger partial charge is 0.378 e. The standard InChI is InChI=1S/C18H21N3O4S/c22-18(17-13-19-9-10-20-17)21-8-6-14-12-16(7-11-25-14)26(23,24)15-4-2-1-3-5-15/h1-5,9-10,13-14,16H,6-8,11-12H2,(H,21,22)/t14-,16+/m1/s1. The van der Waals surface area contributed by atoms with Crippen molar-refractivity contribution in [2.75, 3.05) is 13.2 Å². The molecule has 1 saturated heterocycles. The van der Waals surface area contributed by atoms with E-state index in [2.05, 4.69) is 15.3 Å². The molecule has 3 rings (SSSR count). The van der Waals surface area contributed by atoms with Crippen molar-refractivity contribution in [3.05, 3.63) is 54.6 Å². The average Bonchev–Trinajstić information content (AvgIpc) is 2.69. The van der Waals surface area contributed by atoms with Crippen LogP contribution in [0.4, 0.5) is 0 Å². The quantitative estimate of drug-likeness (QED) is 0.824. The third-order valence-electron chi connectivity index (χ3n) is 4.38. The smallest absolute Gasteiger partial charge is 0.271 e. The van der Waals surface area contributed by atoms with Gasteiger partial charge in [-0.3, -0.25) is 9.78 Å². The summed E-state index contributed by atoms with van der Waals surface area (Å²) >= 11 is 0. The van der Waals surface area contributed by atoms with Crippen molar-refractivity contribution in [2.24, 2.45) is 0 Å². The molecule has 0 aliphatic carbocycles. The first kappa shape index (κ1) is 18.5. The molecule has 8 heteroatoms. The maximum atomic E-state index is 12.8. The molecule has 26 heavy (non-hydrogen) atoms. The van der Waals surface area contributed by atoms with Gasteiger partial charge in [-0.15, -0.1) is 0 Å². The number of sulfone groups is 1. The highest BCUT2D eigenvalue weighted by Gasteiger charge is 2.33. The molecule has 0 spiro atoms. The summed E-state index contributed by atoms with van der Waals surface area (Å²) in [6.45, 7) is 0.789. The molecule has 1 amide bonds. The molecule has 2 atom stereocenters. The summed E-state index contributed by atoms with van der Waals surface area (Å²) in [5.41, 5.74) is 0.251. The van der Waals surface area contributed by atoms with Crippen LogP contribution in [0.3, 0.4) is 0 Å². The molecule has 1 aromatic carbocycles. The van der Waals surface area contributed by atoms with Crippen molar-refractivity contribution in [2.45, 2.75) is 35.5 Å². The Labute approximate surface area is 152 Å². The number of nitrogens with one attached hydrogen (secondary N) is 1. The molecule has 0 saturated carbocycles. The van der Waals surface area contributed by atoms with Crippen molar-refractivity contribution >= 4 is 15.7 Å². The van der Waals surface area contributed by atoms with E-state index in [0.29, 0.717) is 37.3 Å². The van der Waals surface area contributed by atoms with Crippen LogP contribution < -0.4 is 5.32 Å². The zero-order valence-corrected chi connectivity index (χ0v) is 15.1. The number of rotatable bonds is 6. The summed E-state index contributed by atoms with van der Waals surface area (Å²) in [6, 6.07) is 8.50. The van der Waals surface area contributed by atoms with Crippen molar-refractivity contribution < 1.29 is 17.9 Å². The van der Waals surface area contributed by atoms with Gasteiger partial charge in [-0.1, -0.05) is 18.2 Å². The number of carbonyl (C=O) groups excluding carboxylic acids is 1. The Morgan fingerprint density at radius 2 is 2.04 bits per heavy atom. The molecule has 1 aliphatic heterocycles. The normalized spacial score (nSPS) is 20.5. The molecule has 1 N–H and O–H groups in total. The lowest BCUT2D eigenvalue weighted by Crippen LogP contribution is -2.37. The minimum absolute atomic E-state index is 0.200. The number of benzene rings is 1. The highest BCUT2D eigenvalue weighted by Crippen LogP contribution is 2.27. The van der Waals surface area contributed by atoms with Gasteiger partial charge >= 0.3 is 0 Å². The van der Waals surface area contributed by atoms with Gasteiger partial charge in [0.1, 0.15) is 5.69 Å². The van der Waals surface area contributed by atoms with Crippen LogP contribution in [0.5, 0.6) is 0 Å². The van der Waals surface area contributed by atoms with Gasteiger partial charge in [-0.2, -0.15) is 0 Å². The van der Waals surface area contributed by atoms with Crippen LogP contribution in [-0.2, 0) is 14.6 Å². The summed E-state index contributed by atoms with van der Waals surface area (Å²) in [4.78, 5) is 20.1. The number of hydrogen-bond donors (Lipinski definition) is 1. The van der Waals surface area contributed by atoms with E-state index in [9.17, 15) is 13.2 Å². The van der Waals surface area contributed by atoms with Gasteiger partial charge in [0, 0.05) is 25.5 Å². The van der Waals surface area contributed by atoms with Gasteiger partial charge < -0.3 is 10.1 Å². The fourth-order valence-electron chi connectivity index (χ4n) is 2.98. The van der Waals surface area contributed by atoms with Crippen molar-refractivity contribution in [1.29, 1.82) is 0 Å². The van der Waals surface area contributed by atoms with Gasteiger partial charge in [-0.05, 0) is 31.4 Å². The highest BCUT2D eigenvalue weighted by atomic mass is 32.2. The lowest BCUT2D eigenvalue weighted by molar-refractivity contribution is 0.0132. The number of hydrogen-bond acceptors (Lipinski definition) is 6. The first-order valence-corrected chi connectivity index (χ1v) is 10.1. The Morgan fingerprint density at radius 3 is 2.77 bits per heavy atom. The first-order chi connectivity index (χ1) is 12.6. The van der Waals surface area contributed by atoms with E-state index < -0.39 is 15.1 Å². The maximum absolute atomic E-state index is 12.8. The second kappa shape index (κ2) is 8.37. The molecule has 0 bridgehead atoms. The molecule has 0 radical (unpaired) electrons. The Morgan fingerprint density at radius 1 is 1.23 bits per heavy atom. The minimum atomic E-state index is -3.36. The molecule has 2 aromatic rings. The van der Waals surface area contributed by atoms with Crippen molar-refractivity contribution in [1.82, 2.24) is 15.3 Å². The van der Waals surface area contributed by atoms with Gasteiger partial charge in [0.15, 0.2) is 9.84 Å². The van der Waals surface area contributed by atoms with E-state index in [0.717, 1.165) is 0 Å². The lowest BCUT2D eigenvalue weighted by Gasteiger charge is -2.29. The van der Waals surface area contributed by atoms with Crippen LogP contribution in [0.2, 0.25) is 0 Å². The highest BCUT2D eigenvalue weighted by molar-refractivity contribution is 7.92. The number of carbonyl (C=O) groups is 1. The van der Waals surface area contributed by atoms with Crippen LogP contribution in [0.15, 0.2) is 53.8 Å². The van der Waals surface area contributed by atoms with Crippen LogP contribution in [0.25, 0.3) is 0 Å². The number of ether oxygens (including phenoxy) is 1. The van der Waals surface area contributed by atoms with Crippen LogP contribution in [-0.4, -0.2) is 48.8 Å². The van der Waals surface area contributed by atoms with Crippen molar-refractivity contribution in [3.8, 4) is 0 Å². The SMILES string of the molecule is O=C(NCC[C@@H]1C[C@@H](S(=O)(=O)c2ccccc2)CCO1)c1cnccn1. The van der Waals surface area contributed by atoms with Crippen LogP contribution in [0.1, 0.15) is 29.8 Å². The predicted octanol–water partition coefficient (Wildman–Crippen LogP) is 1.62. The lowest BCUT2D eigenvalue weighted by atomic mass is 10.1. The van der Waals surface area contributed by atoms with Crippen LogP contribution in [0, 0.1) is 0 Å².